The zero-order chi connectivity index (χ0) is 22.3. The van der Waals surface area contributed by atoms with Gasteiger partial charge >= 0.3 is 6.09 Å². The van der Waals surface area contributed by atoms with Gasteiger partial charge in [0, 0.05) is 25.1 Å². The molecule has 3 heterocycles. The van der Waals surface area contributed by atoms with Crippen LogP contribution in [0.2, 0.25) is 0 Å². The zero-order valence-electron chi connectivity index (χ0n) is 18.1. The first-order valence-corrected chi connectivity index (χ1v) is 10.3. The maximum Gasteiger partial charge on any atom is 0.420 e. The molecule has 1 aromatic heterocycles. The fourth-order valence-corrected chi connectivity index (χ4v) is 3.87. The Morgan fingerprint density at radius 3 is 2.65 bits per heavy atom. The molecule has 0 N–H and O–H groups in total. The fourth-order valence-electron chi connectivity index (χ4n) is 3.87. The van der Waals surface area contributed by atoms with Gasteiger partial charge in [0.1, 0.15) is 17.6 Å². The van der Waals surface area contributed by atoms with Gasteiger partial charge in [-0.3, -0.25) is 4.79 Å². The normalized spacial score (nSPS) is 20.7. The number of benzene rings is 1. The van der Waals surface area contributed by atoms with Gasteiger partial charge in [0.2, 0.25) is 5.91 Å². The van der Waals surface area contributed by atoms with Gasteiger partial charge in [0.05, 0.1) is 30.6 Å². The number of anilines is 3. The number of amides is 2. The van der Waals surface area contributed by atoms with E-state index >= 15 is 0 Å². The highest BCUT2D eigenvalue weighted by Gasteiger charge is 2.35. The van der Waals surface area contributed by atoms with Crippen molar-refractivity contribution in [3.8, 4) is 0 Å². The third-order valence-corrected chi connectivity index (χ3v) is 5.21. The number of ether oxygens (including phenoxy) is 2. The van der Waals surface area contributed by atoms with E-state index in [1.165, 1.54) is 11.8 Å². The maximum atomic E-state index is 13.7. The number of pyridine rings is 1. The Balaban J connectivity index is 1.87. The molecule has 164 valence electrons. The van der Waals surface area contributed by atoms with Crippen LogP contribution in [0.4, 0.5) is 26.4 Å². The summed E-state index contributed by atoms with van der Waals surface area (Å²) < 4.78 is 24.9. The van der Waals surface area contributed by atoms with E-state index in [-0.39, 0.29) is 25.5 Å². The summed E-state index contributed by atoms with van der Waals surface area (Å²) in [6, 6.07) is 8.92. The summed E-state index contributed by atoms with van der Waals surface area (Å²) in [5.41, 5.74) is 1.75. The number of alkyl halides is 1. The molecule has 0 aliphatic carbocycles. The first kappa shape index (κ1) is 21.2. The highest BCUT2D eigenvalue weighted by atomic mass is 19.1. The van der Waals surface area contributed by atoms with Crippen molar-refractivity contribution in [1.29, 1.82) is 0 Å². The van der Waals surface area contributed by atoms with Crippen LogP contribution in [0.15, 0.2) is 36.5 Å². The lowest BCUT2D eigenvalue weighted by atomic mass is 10.0. The van der Waals surface area contributed by atoms with Gasteiger partial charge < -0.3 is 14.4 Å². The Morgan fingerprint density at radius 1 is 1.23 bits per heavy atom. The van der Waals surface area contributed by atoms with E-state index in [9.17, 15) is 14.0 Å². The third-order valence-electron chi connectivity index (χ3n) is 5.21. The lowest BCUT2D eigenvalue weighted by Crippen LogP contribution is -2.34. The number of aromatic nitrogens is 1. The van der Waals surface area contributed by atoms with Crippen LogP contribution in [0.25, 0.3) is 0 Å². The number of nitrogens with zero attached hydrogens (tertiary/aromatic N) is 3. The van der Waals surface area contributed by atoms with Crippen molar-refractivity contribution in [3.63, 3.8) is 0 Å². The molecule has 7 nitrogen and oxygen atoms in total. The minimum absolute atomic E-state index is 0.0531. The summed E-state index contributed by atoms with van der Waals surface area (Å²) in [7, 11) is 0. The van der Waals surface area contributed by atoms with E-state index in [2.05, 4.69) is 4.98 Å². The predicted molar refractivity (Wildman–Crippen MR) is 114 cm³/mol. The van der Waals surface area contributed by atoms with Crippen molar-refractivity contribution in [3.05, 3.63) is 47.7 Å². The summed E-state index contributed by atoms with van der Waals surface area (Å²) >= 11 is 0. The summed E-state index contributed by atoms with van der Waals surface area (Å²) in [6.07, 6.45) is -0.141. The largest absolute Gasteiger partial charge is 0.443 e. The van der Waals surface area contributed by atoms with E-state index in [1.807, 2.05) is 6.07 Å². The highest BCUT2D eigenvalue weighted by molar-refractivity contribution is 6.05. The molecule has 2 aliphatic heterocycles. The number of fused-ring (bicyclic) bond motifs is 2. The van der Waals surface area contributed by atoms with Crippen molar-refractivity contribution in [1.82, 2.24) is 4.98 Å². The van der Waals surface area contributed by atoms with Crippen LogP contribution < -0.4 is 9.80 Å². The number of halogens is 1. The fraction of sp³-hybridized carbons (Fsp3) is 0.435. The van der Waals surface area contributed by atoms with E-state index in [0.29, 0.717) is 22.8 Å². The first-order chi connectivity index (χ1) is 14.6. The Labute approximate surface area is 180 Å². The molecule has 1 saturated heterocycles. The van der Waals surface area contributed by atoms with Gasteiger partial charge in [-0.2, -0.15) is 0 Å². The second-order valence-corrected chi connectivity index (χ2v) is 8.81. The number of rotatable bonds is 1. The molecule has 0 spiro atoms. The van der Waals surface area contributed by atoms with Crippen molar-refractivity contribution in [2.45, 2.75) is 58.5 Å². The molecule has 2 atom stereocenters. The van der Waals surface area contributed by atoms with Crippen LogP contribution in [0.5, 0.6) is 0 Å². The lowest BCUT2D eigenvalue weighted by Gasteiger charge is -2.28. The Bertz CT molecular complexity index is 1020. The van der Waals surface area contributed by atoms with Gasteiger partial charge in [0.15, 0.2) is 0 Å². The molecular weight excluding hydrogens is 401 g/mol. The van der Waals surface area contributed by atoms with E-state index < -0.39 is 24.0 Å². The topological polar surface area (TPSA) is 72.0 Å². The van der Waals surface area contributed by atoms with Crippen LogP contribution in [-0.2, 0) is 20.8 Å². The van der Waals surface area contributed by atoms with Crippen LogP contribution in [0.3, 0.4) is 0 Å². The number of hydrogen-bond donors (Lipinski definition) is 0. The van der Waals surface area contributed by atoms with Crippen LogP contribution in [-0.4, -0.2) is 35.4 Å². The molecule has 2 amide bonds. The Kier molecular flexibility index (Phi) is 5.43. The van der Waals surface area contributed by atoms with Gasteiger partial charge in [-0.25, -0.2) is 19.1 Å². The molecule has 0 saturated carbocycles. The minimum atomic E-state index is -1.01. The van der Waals surface area contributed by atoms with Crippen molar-refractivity contribution >= 4 is 29.2 Å². The van der Waals surface area contributed by atoms with Crippen molar-refractivity contribution in [2.75, 3.05) is 16.4 Å². The number of hydrogen-bond acceptors (Lipinski definition) is 5. The average Bonchev–Trinajstić information content (AvgIpc) is 3.05. The quantitative estimate of drug-likeness (QED) is 0.652. The van der Waals surface area contributed by atoms with Gasteiger partial charge in [0.25, 0.3) is 0 Å². The molecule has 2 unspecified atom stereocenters. The minimum Gasteiger partial charge on any atom is -0.443 e. The molecule has 8 heteroatoms. The van der Waals surface area contributed by atoms with Crippen LogP contribution in [0.1, 0.15) is 51.3 Å². The smallest absolute Gasteiger partial charge is 0.420 e. The molecule has 2 aliphatic rings. The SMILES string of the molecule is CC(=O)N1Cc2cccnc2N(C(=O)OC(C)(C)C)c2ccc(C3CC(F)CO3)cc21. The first-order valence-electron chi connectivity index (χ1n) is 10.3. The molecule has 1 fully saturated rings. The molecule has 0 radical (unpaired) electrons. The van der Waals surface area contributed by atoms with Crippen molar-refractivity contribution in [2.24, 2.45) is 0 Å². The molecule has 31 heavy (non-hydrogen) atoms. The molecular formula is C23H26FN3O4. The summed E-state index contributed by atoms with van der Waals surface area (Å²) in [5, 5.41) is 0. The highest BCUT2D eigenvalue weighted by Crippen LogP contribution is 2.43. The molecule has 2 aromatic rings. The maximum absolute atomic E-state index is 13.7. The monoisotopic (exact) mass is 427 g/mol. The van der Waals surface area contributed by atoms with Gasteiger partial charge in [-0.05, 0) is 44.5 Å². The Hall–Kier alpha value is -3.00. The predicted octanol–water partition coefficient (Wildman–Crippen LogP) is 4.82. The van der Waals surface area contributed by atoms with Crippen molar-refractivity contribution < 1.29 is 23.5 Å². The lowest BCUT2D eigenvalue weighted by molar-refractivity contribution is -0.116. The van der Waals surface area contributed by atoms with E-state index in [4.69, 9.17) is 9.47 Å². The van der Waals surface area contributed by atoms with Gasteiger partial charge in [-0.1, -0.05) is 12.1 Å². The van der Waals surface area contributed by atoms with E-state index in [0.717, 1.165) is 5.56 Å². The number of carbonyl (C=O) groups excluding carboxylic acids is 2. The summed E-state index contributed by atoms with van der Waals surface area (Å²) in [4.78, 5) is 33.2. The summed E-state index contributed by atoms with van der Waals surface area (Å²) in [5.74, 6) is 0.227. The molecule has 0 bridgehead atoms. The number of carbonyl (C=O) groups is 2. The Morgan fingerprint density at radius 2 is 2.00 bits per heavy atom. The summed E-state index contributed by atoms with van der Waals surface area (Å²) in [6.45, 7) is 7.14. The zero-order valence-corrected chi connectivity index (χ0v) is 18.1. The molecule has 4 rings (SSSR count). The van der Waals surface area contributed by atoms with E-state index in [1.54, 1.807) is 56.1 Å². The second kappa shape index (κ2) is 7.92. The average molecular weight is 427 g/mol. The van der Waals surface area contributed by atoms with Gasteiger partial charge in [-0.15, -0.1) is 0 Å². The standard InChI is InChI=1S/C23H26FN3O4/c1-14(28)26-12-16-6-5-9-25-21(16)27(22(29)31-23(2,3)4)18-8-7-15(10-19(18)26)20-11-17(24)13-30-20/h5-10,17,20H,11-13H2,1-4H3. The third kappa shape index (κ3) is 4.25. The molecule has 1 aromatic carbocycles. The second-order valence-electron chi connectivity index (χ2n) is 8.81. The van der Waals surface area contributed by atoms with Crippen LogP contribution >= 0.6 is 0 Å². The van der Waals surface area contributed by atoms with Crippen LogP contribution in [0, 0.1) is 0 Å².